The van der Waals surface area contributed by atoms with Crippen LogP contribution in [0.5, 0.6) is 0 Å². The SMILES string of the molecule is CC1(C)COB(c2ccc(C3(O)CCC3)cc2F)O1. The van der Waals surface area contributed by atoms with Crippen LogP contribution in [0.4, 0.5) is 4.39 Å². The minimum absolute atomic E-state index is 0.375. The van der Waals surface area contributed by atoms with Gasteiger partial charge >= 0.3 is 7.12 Å². The van der Waals surface area contributed by atoms with Gasteiger partial charge in [0.05, 0.1) is 17.8 Å². The molecule has 1 heterocycles. The first kappa shape index (κ1) is 13.1. The monoisotopic (exact) mass is 264 g/mol. The molecular formula is C14H18BFO3. The van der Waals surface area contributed by atoms with E-state index >= 15 is 0 Å². The van der Waals surface area contributed by atoms with Crippen molar-refractivity contribution in [2.45, 2.75) is 44.3 Å². The summed E-state index contributed by atoms with van der Waals surface area (Å²) in [7, 11) is -0.653. The summed E-state index contributed by atoms with van der Waals surface area (Å²) in [4.78, 5) is 0. The average molecular weight is 264 g/mol. The molecule has 1 aliphatic heterocycles. The van der Waals surface area contributed by atoms with Crippen molar-refractivity contribution in [3.05, 3.63) is 29.6 Å². The van der Waals surface area contributed by atoms with Crippen LogP contribution >= 0.6 is 0 Å². The van der Waals surface area contributed by atoms with E-state index in [4.69, 9.17) is 9.31 Å². The molecule has 1 aromatic rings. The van der Waals surface area contributed by atoms with Crippen LogP contribution in [-0.4, -0.2) is 24.4 Å². The Labute approximate surface area is 112 Å². The zero-order chi connectivity index (χ0) is 13.7. The van der Waals surface area contributed by atoms with Gasteiger partial charge in [-0.2, -0.15) is 0 Å². The van der Waals surface area contributed by atoms with Crippen LogP contribution in [0.15, 0.2) is 18.2 Å². The molecule has 19 heavy (non-hydrogen) atoms. The first-order valence-electron chi connectivity index (χ1n) is 6.71. The fourth-order valence-electron chi connectivity index (χ4n) is 2.60. The molecule has 0 atom stereocenters. The number of aliphatic hydroxyl groups is 1. The highest BCUT2D eigenvalue weighted by molar-refractivity contribution is 6.62. The zero-order valence-corrected chi connectivity index (χ0v) is 11.3. The summed E-state index contributed by atoms with van der Waals surface area (Å²) >= 11 is 0. The van der Waals surface area contributed by atoms with Crippen LogP contribution in [0.1, 0.15) is 38.7 Å². The van der Waals surface area contributed by atoms with Gasteiger partial charge in [-0.1, -0.05) is 12.1 Å². The van der Waals surface area contributed by atoms with Gasteiger partial charge in [0.2, 0.25) is 0 Å². The van der Waals surface area contributed by atoms with E-state index in [-0.39, 0.29) is 11.4 Å². The summed E-state index contributed by atoms with van der Waals surface area (Å²) in [5.41, 5.74) is -0.174. The maximum Gasteiger partial charge on any atom is 0.497 e. The third-order valence-corrected chi connectivity index (χ3v) is 3.98. The lowest BCUT2D eigenvalue weighted by Crippen LogP contribution is -2.38. The van der Waals surface area contributed by atoms with Gasteiger partial charge in [0.15, 0.2) is 0 Å². The molecule has 0 radical (unpaired) electrons. The second-order valence-electron chi connectivity index (χ2n) is 6.14. The number of hydrogen-bond donors (Lipinski definition) is 1. The standard InChI is InChI=1S/C14H18BFO3/c1-13(2)9-18-15(19-13)11-5-4-10(8-12(11)16)14(17)6-3-7-14/h4-5,8,17H,3,6-7,9H2,1-2H3. The Morgan fingerprint density at radius 1 is 1.32 bits per heavy atom. The molecule has 0 amide bonds. The summed E-state index contributed by atoms with van der Waals surface area (Å²) in [6, 6.07) is 4.84. The van der Waals surface area contributed by atoms with Gasteiger partial charge in [-0.25, -0.2) is 4.39 Å². The zero-order valence-electron chi connectivity index (χ0n) is 11.3. The number of rotatable bonds is 2. The molecule has 0 aromatic heterocycles. The minimum atomic E-state index is -0.837. The van der Waals surface area contributed by atoms with Crippen molar-refractivity contribution < 1.29 is 18.8 Å². The third-order valence-electron chi connectivity index (χ3n) is 3.98. The molecule has 1 N–H and O–H groups in total. The molecule has 2 aliphatic rings. The highest BCUT2D eigenvalue weighted by Gasteiger charge is 2.41. The van der Waals surface area contributed by atoms with Gasteiger partial charge in [-0.3, -0.25) is 0 Å². The molecular weight excluding hydrogens is 246 g/mol. The van der Waals surface area contributed by atoms with E-state index in [2.05, 4.69) is 0 Å². The van der Waals surface area contributed by atoms with Crippen molar-refractivity contribution >= 4 is 12.6 Å². The molecule has 0 bridgehead atoms. The topological polar surface area (TPSA) is 38.7 Å². The van der Waals surface area contributed by atoms with Crippen LogP contribution < -0.4 is 5.46 Å². The second-order valence-corrected chi connectivity index (χ2v) is 6.14. The minimum Gasteiger partial charge on any atom is -0.404 e. The lowest BCUT2D eigenvalue weighted by Gasteiger charge is -2.37. The van der Waals surface area contributed by atoms with Gasteiger partial charge in [0, 0.05) is 5.46 Å². The Kier molecular flexibility index (Phi) is 2.96. The molecule has 1 aliphatic carbocycles. The van der Waals surface area contributed by atoms with Crippen molar-refractivity contribution in [2.24, 2.45) is 0 Å². The largest absolute Gasteiger partial charge is 0.497 e. The predicted octanol–water partition coefficient (Wildman–Crippen LogP) is 1.72. The predicted molar refractivity (Wildman–Crippen MR) is 70.7 cm³/mol. The van der Waals surface area contributed by atoms with E-state index in [9.17, 15) is 9.50 Å². The molecule has 3 nitrogen and oxygen atoms in total. The Balaban J connectivity index is 1.84. The second kappa shape index (κ2) is 4.30. The fourth-order valence-corrected chi connectivity index (χ4v) is 2.60. The molecule has 0 spiro atoms. The number of halogens is 1. The smallest absolute Gasteiger partial charge is 0.404 e. The normalized spacial score (nSPS) is 24.3. The van der Waals surface area contributed by atoms with Crippen LogP contribution in [0.3, 0.4) is 0 Å². The van der Waals surface area contributed by atoms with Crippen molar-refractivity contribution in [2.75, 3.05) is 6.61 Å². The van der Waals surface area contributed by atoms with Crippen molar-refractivity contribution in [3.63, 3.8) is 0 Å². The van der Waals surface area contributed by atoms with Crippen molar-refractivity contribution in [3.8, 4) is 0 Å². The van der Waals surface area contributed by atoms with Gasteiger partial charge in [-0.05, 0) is 44.7 Å². The maximum absolute atomic E-state index is 14.2. The summed E-state index contributed by atoms with van der Waals surface area (Å²) in [5.74, 6) is -0.375. The van der Waals surface area contributed by atoms with Crippen molar-refractivity contribution in [1.82, 2.24) is 0 Å². The molecule has 3 rings (SSSR count). The summed E-state index contributed by atoms with van der Waals surface area (Å²) in [6.07, 6.45) is 2.40. The van der Waals surface area contributed by atoms with Gasteiger partial charge in [0.1, 0.15) is 5.82 Å². The van der Waals surface area contributed by atoms with E-state index in [0.717, 1.165) is 6.42 Å². The molecule has 1 saturated heterocycles. The fraction of sp³-hybridized carbons (Fsp3) is 0.571. The first-order chi connectivity index (χ1) is 8.90. The third kappa shape index (κ3) is 2.31. The van der Waals surface area contributed by atoms with Crippen LogP contribution in [0, 0.1) is 5.82 Å². The van der Waals surface area contributed by atoms with Crippen LogP contribution in [0.25, 0.3) is 0 Å². The van der Waals surface area contributed by atoms with Crippen molar-refractivity contribution in [1.29, 1.82) is 0 Å². The summed E-state index contributed by atoms with van der Waals surface area (Å²) in [5, 5.41) is 10.2. The lowest BCUT2D eigenvalue weighted by atomic mass is 9.72. The van der Waals surface area contributed by atoms with E-state index in [1.165, 1.54) is 6.07 Å². The molecule has 1 saturated carbocycles. The molecule has 5 heteroatoms. The highest BCUT2D eigenvalue weighted by Crippen LogP contribution is 2.40. The Bertz CT molecular complexity index is 499. The highest BCUT2D eigenvalue weighted by atomic mass is 19.1. The average Bonchev–Trinajstić information content (AvgIpc) is 2.66. The lowest BCUT2D eigenvalue weighted by molar-refractivity contribution is -0.0390. The molecule has 1 aromatic carbocycles. The van der Waals surface area contributed by atoms with Crippen LogP contribution in [0.2, 0.25) is 0 Å². The summed E-state index contributed by atoms with van der Waals surface area (Å²) < 4.78 is 25.3. The molecule has 102 valence electrons. The van der Waals surface area contributed by atoms with E-state index in [1.807, 2.05) is 13.8 Å². The van der Waals surface area contributed by atoms with E-state index < -0.39 is 12.7 Å². The van der Waals surface area contributed by atoms with Gasteiger partial charge in [0.25, 0.3) is 0 Å². The van der Waals surface area contributed by atoms with E-state index in [0.29, 0.717) is 30.5 Å². The molecule has 0 unspecified atom stereocenters. The Hall–Kier alpha value is -0.905. The number of benzene rings is 1. The summed E-state index contributed by atoms with van der Waals surface area (Å²) in [6.45, 7) is 4.27. The quantitative estimate of drug-likeness (QED) is 0.826. The van der Waals surface area contributed by atoms with E-state index in [1.54, 1.807) is 12.1 Å². The molecule has 2 fully saturated rings. The Morgan fingerprint density at radius 3 is 2.53 bits per heavy atom. The maximum atomic E-state index is 14.2. The Morgan fingerprint density at radius 2 is 2.05 bits per heavy atom. The van der Waals surface area contributed by atoms with Gasteiger partial charge < -0.3 is 14.4 Å². The van der Waals surface area contributed by atoms with Gasteiger partial charge in [-0.15, -0.1) is 0 Å². The van der Waals surface area contributed by atoms with Crippen LogP contribution in [-0.2, 0) is 14.9 Å². The first-order valence-corrected chi connectivity index (χ1v) is 6.71. The number of hydrogen-bond acceptors (Lipinski definition) is 3.